The monoisotopic (exact) mass is 387 g/mol. The van der Waals surface area contributed by atoms with E-state index in [0.717, 1.165) is 6.92 Å². The van der Waals surface area contributed by atoms with Gasteiger partial charge >= 0.3 is 109 Å². The van der Waals surface area contributed by atoms with E-state index in [0.29, 0.717) is 0 Å². The maximum Gasteiger partial charge on any atom is 0.300 e. The molecule has 0 heterocycles. The molecular formula is C17H31O2Sn. The molecule has 0 aliphatic heterocycles. The van der Waals surface area contributed by atoms with Crippen molar-refractivity contribution in [3.05, 3.63) is 0 Å². The van der Waals surface area contributed by atoms with Gasteiger partial charge in [0.15, 0.2) is 0 Å². The normalized spacial score (nSPS) is 25.1. The van der Waals surface area contributed by atoms with E-state index in [1.807, 2.05) is 0 Å². The zero-order valence-electron chi connectivity index (χ0n) is 13.1. The van der Waals surface area contributed by atoms with Crippen LogP contribution in [0.4, 0.5) is 0 Å². The van der Waals surface area contributed by atoms with Crippen LogP contribution in [0.5, 0.6) is 0 Å². The number of carbonyl (C=O) groups is 1. The van der Waals surface area contributed by atoms with Crippen molar-refractivity contribution in [3.8, 4) is 0 Å². The first-order valence-electron chi connectivity index (χ1n) is 8.74. The number of hydrogen-bond donors (Lipinski definition) is 1. The summed E-state index contributed by atoms with van der Waals surface area (Å²) >= 11 is -1.04. The SMILES string of the molecule is C1CC[CH]([Sn]([CH]2CCCC2)[CH]2CCCC2)C1.CC(=O)O. The Kier molecular flexibility index (Phi) is 7.19. The first kappa shape index (κ1) is 16.6. The van der Waals surface area contributed by atoms with Crippen molar-refractivity contribution in [2.24, 2.45) is 0 Å². The van der Waals surface area contributed by atoms with E-state index in [2.05, 4.69) is 0 Å². The predicted octanol–water partition coefficient (Wildman–Crippen LogP) is 5.40. The van der Waals surface area contributed by atoms with E-state index >= 15 is 0 Å². The van der Waals surface area contributed by atoms with Gasteiger partial charge in [-0.3, -0.25) is 4.79 Å². The molecule has 0 aromatic carbocycles. The van der Waals surface area contributed by atoms with E-state index in [1.165, 1.54) is 11.8 Å². The van der Waals surface area contributed by atoms with Crippen molar-refractivity contribution >= 4 is 25.7 Å². The average Bonchev–Trinajstić information content (AvgIpc) is 3.13. The molecule has 3 aliphatic rings. The van der Waals surface area contributed by atoms with Crippen LogP contribution in [0, 0.1) is 0 Å². The number of hydrogen-bond acceptors (Lipinski definition) is 1. The topological polar surface area (TPSA) is 37.3 Å². The van der Waals surface area contributed by atoms with Gasteiger partial charge in [0, 0.05) is 6.92 Å². The van der Waals surface area contributed by atoms with E-state index in [4.69, 9.17) is 9.90 Å². The van der Waals surface area contributed by atoms with E-state index in [-0.39, 0.29) is 0 Å². The average molecular weight is 386 g/mol. The van der Waals surface area contributed by atoms with Gasteiger partial charge in [0.1, 0.15) is 0 Å². The van der Waals surface area contributed by atoms with Gasteiger partial charge in [-0.25, -0.2) is 0 Å². The van der Waals surface area contributed by atoms with Gasteiger partial charge in [0.2, 0.25) is 0 Å². The van der Waals surface area contributed by atoms with Gasteiger partial charge in [-0.1, -0.05) is 0 Å². The molecule has 3 saturated carbocycles. The third-order valence-electron chi connectivity index (χ3n) is 5.48. The third-order valence-corrected chi connectivity index (χ3v) is 18.5. The summed E-state index contributed by atoms with van der Waals surface area (Å²) < 4.78 is 4.02. The summed E-state index contributed by atoms with van der Waals surface area (Å²) in [4.78, 5) is 9.00. The first-order chi connectivity index (χ1) is 9.68. The van der Waals surface area contributed by atoms with Crippen LogP contribution in [-0.4, -0.2) is 30.8 Å². The van der Waals surface area contributed by atoms with Crippen molar-refractivity contribution < 1.29 is 9.90 Å². The van der Waals surface area contributed by atoms with Crippen molar-refractivity contribution in [1.29, 1.82) is 0 Å². The molecule has 3 heteroatoms. The Balaban J connectivity index is 0.000000328. The molecule has 0 atom stereocenters. The molecule has 0 spiro atoms. The molecule has 3 fully saturated rings. The van der Waals surface area contributed by atoms with Crippen molar-refractivity contribution in [2.75, 3.05) is 0 Å². The minimum atomic E-state index is -1.04. The van der Waals surface area contributed by atoms with Crippen LogP contribution in [0.3, 0.4) is 0 Å². The summed E-state index contributed by atoms with van der Waals surface area (Å²) in [5.41, 5.74) is 0. The van der Waals surface area contributed by atoms with Crippen molar-refractivity contribution in [3.63, 3.8) is 0 Å². The van der Waals surface area contributed by atoms with Crippen LogP contribution in [0.1, 0.15) is 84.0 Å². The summed E-state index contributed by atoms with van der Waals surface area (Å²) in [5.74, 6) is -0.833. The maximum absolute atomic E-state index is 9.00. The molecular weight excluding hydrogens is 355 g/mol. The predicted molar refractivity (Wildman–Crippen MR) is 85.7 cm³/mol. The zero-order valence-corrected chi connectivity index (χ0v) is 15.9. The molecule has 0 saturated heterocycles. The Morgan fingerprint density at radius 2 is 0.950 bits per heavy atom. The van der Waals surface area contributed by atoms with Crippen LogP contribution in [0.15, 0.2) is 0 Å². The summed E-state index contributed by atoms with van der Waals surface area (Å²) in [6.45, 7) is 1.08. The van der Waals surface area contributed by atoms with Gasteiger partial charge in [0.05, 0.1) is 0 Å². The largest absolute Gasteiger partial charge is 0.481 e. The smallest absolute Gasteiger partial charge is 0.300 e. The molecule has 1 radical (unpaired) electrons. The third kappa shape index (κ3) is 4.92. The number of carboxylic acids is 1. The Labute approximate surface area is 131 Å². The van der Waals surface area contributed by atoms with Crippen LogP contribution in [0.2, 0.25) is 11.8 Å². The molecule has 20 heavy (non-hydrogen) atoms. The summed E-state index contributed by atoms with van der Waals surface area (Å²) in [7, 11) is 0. The molecule has 0 unspecified atom stereocenters. The van der Waals surface area contributed by atoms with Gasteiger partial charge in [-0.05, 0) is 0 Å². The number of rotatable bonds is 3. The van der Waals surface area contributed by atoms with Crippen LogP contribution < -0.4 is 0 Å². The quantitative estimate of drug-likeness (QED) is 0.660. The Bertz CT molecular complexity index is 245. The van der Waals surface area contributed by atoms with Gasteiger partial charge in [0.25, 0.3) is 5.97 Å². The van der Waals surface area contributed by atoms with E-state index < -0.39 is 25.7 Å². The fourth-order valence-corrected chi connectivity index (χ4v) is 19.7. The van der Waals surface area contributed by atoms with Gasteiger partial charge < -0.3 is 5.11 Å². The van der Waals surface area contributed by atoms with Crippen LogP contribution >= 0.6 is 0 Å². The molecule has 1 N–H and O–H groups in total. The molecule has 3 rings (SSSR count). The zero-order chi connectivity index (χ0) is 14.4. The van der Waals surface area contributed by atoms with Crippen molar-refractivity contribution in [2.45, 2.75) is 95.8 Å². The summed E-state index contributed by atoms with van der Waals surface area (Å²) in [5, 5.41) is 7.42. The van der Waals surface area contributed by atoms with E-state index in [1.54, 1.807) is 77.0 Å². The number of aliphatic carboxylic acids is 1. The second-order valence-electron chi connectivity index (χ2n) is 6.96. The molecule has 0 aromatic heterocycles. The Hall–Kier alpha value is 0.269. The van der Waals surface area contributed by atoms with E-state index in [9.17, 15) is 0 Å². The van der Waals surface area contributed by atoms with Crippen molar-refractivity contribution in [1.82, 2.24) is 0 Å². The second-order valence-corrected chi connectivity index (χ2v) is 16.8. The molecule has 0 aromatic rings. The van der Waals surface area contributed by atoms with Gasteiger partial charge in [-0.2, -0.15) is 0 Å². The minimum Gasteiger partial charge on any atom is -0.481 e. The minimum absolute atomic E-state index is 0.833. The molecule has 0 amide bonds. The first-order valence-corrected chi connectivity index (χ1v) is 13.7. The standard InChI is InChI=1S/3C5H9.C2H4O2.Sn/c3*1-2-4-5-3-1;1-2(3)4;/h3*1H,2-5H2;1H3,(H,3,4);. The molecule has 3 aliphatic carbocycles. The van der Waals surface area contributed by atoms with Crippen LogP contribution in [-0.2, 0) is 4.79 Å². The Morgan fingerprint density at radius 3 is 1.15 bits per heavy atom. The van der Waals surface area contributed by atoms with Gasteiger partial charge in [-0.15, -0.1) is 0 Å². The molecule has 2 nitrogen and oxygen atoms in total. The Morgan fingerprint density at radius 1 is 0.750 bits per heavy atom. The number of carboxylic acid groups (broad SMARTS) is 1. The second kappa shape index (κ2) is 8.65. The van der Waals surface area contributed by atoms with Crippen LogP contribution in [0.25, 0.3) is 0 Å². The maximum atomic E-state index is 9.00. The fraction of sp³-hybridized carbons (Fsp3) is 0.941. The fourth-order valence-electron chi connectivity index (χ4n) is 4.78. The summed E-state index contributed by atoms with van der Waals surface area (Å²) in [6, 6.07) is 0. The molecule has 0 bridgehead atoms. The summed E-state index contributed by atoms with van der Waals surface area (Å²) in [6.07, 6.45) is 19.6. The molecule has 115 valence electrons.